The van der Waals surface area contributed by atoms with Gasteiger partial charge in [-0.05, 0) is 18.4 Å². The molecule has 0 spiro atoms. The summed E-state index contributed by atoms with van der Waals surface area (Å²) in [4.78, 5) is 14.6. The molecule has 20 heavy (non-hydrogen) atoms. The highest BCUT2D eigenvalue weighted by Gasteiger charge is 2.31. The van der Waals surface area contributed by atoms with E-state index in [4.69, 9.17) is 4.74 Å². The van der Waals surface area contributed by atoms with Crippen LogP contribution >= 0.6 is 0 Å². The molecule has 2 atom stereocenters. The fourth-order valence-electron chi connectivity index (χ4n) is 3.15. The van der Waals surface area contributed by atoms with E-state index in [1.165, 1.54) is 5.56 Å². The first-order chi connectivity index (χ1) is 9.84. The van der Waals surface area contributed by atoms with Crippen LogP contribution in [0.15, 0.2) is 30.3 Å². The first-order valence-corrected chi connectivity index (χ1v) is 7.51. The van der Waals surface area contributed by atoms with Gasteiger partial charge in [0, 0.05) is 19.6 Å². The summed E-state index contributed by atoms with van der Waals surface area (Å²) in [7, 11) is 0. The Hall–Kier alpha value is -1.39. The maximum atomic E-state index is 12.5. The van der Waals surface area contributed by atoms with Crippen LogP contribution in [0.1, 0.15) is 30.9 Å². The molecule has 2 aliphatic rings. The van der Waals surface area contributed by atoms with Gasteiger partial charge in [-0.25, -0.2) is 0 Å². The number of ether oxygens (including phenoxy) is 1. The first kappa shape index (κ1) is 13.6. The Kier molecular flexibility index (Phi) is 4.33. The molecule has 2 fully saturated rings. The van der Waals surface area contributed by atoms with Gasteiger partial charge in [-0.15, -0.1) is 0 Å². The zero-order chi connectivity index (χ0) is 13.8. The molecule has 108 valence electrons. The molecule has 0 radical (unpaired) electrons. The second-order valence-corrected chi connectivity index (χ2v) is 5.56. The summed E-state index contributed by atoms with van der Waals surface area (Å²) in [6.45, 7) is 3.26. The minimum Gasteiger partial charge on any atom is -0.375 e. The molecule has 1 aromatic carbocycles. The van der Waals surface area contributed by atoms with Gasteiger partial charge in [-0.2, -0.15) is 0 Å². The summed E-state index contributed by atoms with van der Waals surface area (Å²) >= 11 is 0. The number of hydrogen-bond acceptors (Lipinski definition) is 3. The molecule has 2 unspecified atom stereocenters. The van der Waals surface area contributed by atoms with Crippen LogP contribution in [0, 0.1) is 0 Å². The third-order valence-electron chi connectivity index (χ3n) is 4.16. The number of amides is 1. The smallest absolute Gasteiger partial charge is 0.225 e. The predicted molar refractivity (Wildman–Crippen MR) is 77.4 cm³/mol. The molecule has 3 rings (SSSR count). The fourth-order valence-corrected chi connectivity index (χ4v) is 3.15. The lowest BCUT2D eigenvalue weighted by Gasteiger charge is -2.29. The van der Waals surface area contributed by atoms with Crippen molar-refractivity contribution in [3.05, 3.63) is 35.9 Å². The summed E-state index contributed by atoms with van der Waals surface area (Å²) in [5.41, 5.74) is 1.25. The molecule has 4 heteroatoms. The lowest BCUT2D eigenvalue weighted by atomic mass is 10.0. The van der Waals surface area contributed by atoms with Crippen molar-refractivity contribution in [1.82, 2.24) is 10.2 Å². The van der Waals surface area contributed by atoms with E-state index in [9.17, 15) is 4.79 Å². The van der Waals surface area contributed by atoms with E-state index >= 15 is 0 Å². The summed E-state index contributed by atoms with van der Waals surface area (Å²) in [6.07, 6.45) is 2.69. The molecule has 2 heterocycles. The van der Waals surface area contributed by atoms with Crippen molar-refractivity contribution >= 4 is 5.91 Å². The number of carbonyl (C=O) groups excluding carboxylic acids is 1. The van der Waals surface area contributed by atoms with Gasteiger partial charge in [-0.3, -0.25) is 4.79 Å². The predicted octanol–water partition coefficient (Wildman–Crippen LogP) is 1.73. The normalized spacial score (nSPS) is 26.7. The van der Waals surface area contributed by atoms with Crippen LogP contribution in [-0.2, 0) is 9.53 Å². The molecule has 1 amide bonds. The Balaban J connectivity index is 1.64. The Morgan fingerprint density at radius 2 is 2.20 bits per heavy atom. The second-order valence-electron chi connectivity index (χ2n) is 5.56. The molecule has 1 N–H and O–H groups in total. The molecular formula is C16H22N2O2. The molecule has 1 aromatic rings. The van der Waals surface area contributed by atoms with E-state index in [2.05, 4.69) is 17.4 Å². The highest BCUT2D eigenvalue weighted by atomic mass is 16.5. The van der Waals surface area contributed by atoms with Crippen LogP contribution in [0.5, 0.6) is 0 Å². The van der Waals surface area contributed by atoms with Gasteiger partial charge in [0.25, 0.3) is 0 Å². The summed E-state index contributed by atoms with van der Waals surface area (Å²) < 4.78 is 5.64. The van der Waals surface area contributed by atoms with Gasteiger partial charge < -0.3 is 15.0 Å². The number of morpholine rings is 1. The van der Waals surface area contributed by atoms with Crippen molar-refractivity contribution in [2.24, 2.45) is 0 Å². The van der Waals surface area contributed by atoms with E-state index in [-0.39, 0.29) is 18.1 Å². The van der Waals surface area contributed by atoms with Crippen molar-refractivity contribution in [2.45, 2.75) is 31.4 Å². The van der Waals surface area contributed by atoms with Crippen molar-refractivity contribution in [3.63, 3.8) is 0 Å². The van der Waals surface area contributed by atoms with Gasteiger partial charge in [-0.1, -0.05) is 30.3 Å². The maximum Gasteiger partial charge on any atom is 0.225 e. The minimum atomic E-state index is 0.0354. The van der Waals surface area contributed by atoms with Crippen LogP contribution in [0.3, 0.4) is 0 Å². The Morgan fingerprint density at radius 1 is 1.35 bits per heavy atom. The molecule has 0 aliphatic carbocycles. The van der Waals surface area contributed by atoms with Gasteiger partial charge >= 0.3 is 0 Å². The van der Waals surface area contributed by atoms with Crippen molar-refractivity contribution in [1.29, 1.82) is 0 Å². The quantitative estimate of drug-likeness (QED) is 0.912. The van der Waals surface area contributed by atoms with Crippen molar-refractivity contribution in [3.8, 4) is 0 Å². The van der Waals surface area contributed by atoms with Gasteiger partial charge in [0.15, 0.2) is 0 Å². The molecule has 0 aromatic heterocycles. The standard InChI is InChI=1S/C16H22N2O2/c19-16(11-14-12-17-8-10-20-14)18-9-4-7-15(18)13-5-2-1-3-6-13/h1-3,5-6,14-15,17H,4,7-12H2. The van der Waals surface area contributed by atoms with E-state index in [0.717, 1.165) is 32.5 Å². The van der Waals surface area contributed by atoms with Crippen molar-refractivity contribution < 1.29 is 9.53 Å². The van der Waals surface area contributed by atoms with Gasteiger partial charge in [0.1, 0.15) is 0 Å². The van der Waals surface area contributed by atoms with Crippen LogP contribution in [-0.4, -0.2) is 43.2 Å². The fraction of sp³-hybridized carbons (Fsp3) is 0.562. The summed E-state index contributed by atoms with van der Waals surface area (Å²) in [5.74, 6) is 0.227. The molecule has 2 aliphatic heterocycles. The number of benzene rings is 1. The second kappa shape index (κ2) is 6.37. The largest absolute Gasteiger partial charge is 0.375 e. The number of likely N-dealkylation sites (tertiary alicyclic amines) is 1. The highest BCUT2D eigenvalue weighted by molar-refractivity contribution is 5.77. The van der Waals surface area contributed by atoms with Crippen LogP contribution in [0.2, 0.25) is 0 Å². The number of nitrogens with zero attached hydrogens (tertiary/aromatic N) is 1. The zero-order valence-corrected chi connectivity index (χ0v) is 11.8. The molecule has 0 bridgehead atoms. The van der Waals surface area contributed by atoms with Crippen molar-refractivity contribution in [2.75, 3.05) is 26.2 Å². The number of carbonyl (C=O) groups is 1. The van der Waals surface area contributed by atoms with Crippen LogP contribution < -0.4 is 5.32 Å². The Labute approximate surface area is 120 Å². The van der Waals surface area contributed by atoms with Crippen LogP contribution in [0.25, 0.3) is 0 Å². The first-order valence-electron chi connectivity index (χ1n) is 7.51. The molecule has 0 saturated carbocycles. The summed E-state index contributed by atoms with van der Waals surface area (Å²) in [6, 6.07) is 10.6. The Morgan fingerprint density at radius 3 is 2.95 bits per heavy atom. The van der Waals surface area contributed by atoms with Gasteiger partial charge in [0.05, 0.1) is 25.2 Å². The molecule has 4 nitrogen and oxygen atoms in total. The Bertz CT molecular complexity index is 443. The third-order valence-corrected chi connectivity index (χ3v) is 4.16. The lowest BCUT2D eigenvalue weighted by Crippen LogP contribution is -2.42. The number of hydrogen-bond donors (Lipinski definition) is 1. The average Bonchev–Trinajstić information content (AvgIpc) is 2.99. The maximum absolute atomic E-state index is 12.5. The zero-order valence-electron chi connectivity index (χ0n) is 11.8. The third kappa shape index (κ3) is 3.02. The molecular weight excluding hydrogens is 252 g/mol. The summed E-state index contributed by atoms with van der Waals surface area (Å²) in [5, 5.41) is 3.28. The van der Waals surface area contributed by atoms with Gasteiger partial charge in [0.2, 0.25) is 5.91 Å². The van der Waals surface area contributed by atoms with E-state index < -0.39 is 0 Å². The lowest BCUT2D eigenvalue weighted by molar-refractivity contribution is -0.135. The van der Waals surface area contributed by atoms with E-state index in [1.54, 1.807) is 0 Å². The van der Waals surface area contributed by atoms with Crippen LogP contribution in [0.4, 0.5) is 0 Å². The monoisotopic (exact) mass is 274 g/mol. The van der Waals surface area contributed by atoms with E-state index in [1.807, 2.05) is 23.1 Å². The minimum absolute atomic E-state index is 0.0354. The number of rotatable bonds is 3. The van der Waals surface area contributed by atoms with E-state index in [0.29, 0.717) is 13.0 Å². The molecule has 2 saturated heterocycles. The average molecular weight is 274 g/mol. The topological polar surface area (TPSA) is 41.6 Å². The highest BCUT2D eigenvalue weighted by Crippen LogP contribution is 2.32. The SMILES string of the molecule is O=C(CC1CNCCO1)N1CCCC1c1ccccc1. The number of nitrogens with one attached hydrogen (secondary N) is 1.